The molecule has 0 fully saturated rings. The van der Waals surface area contributed by atoms with Crippen LogP contribution in [0.15, 0.2) is 15.8 Å². The van der Waals surface area contributed by atoms with Crippen LogP contribution in [0.2, 0.25) is 0 Å². The fourth-order valence-electron chi connectivity index (χ4n) is 1.73. The minimum Gasteiger partial charge on any atom is -0.361 e. The second-order valence-corrected chi connectivity index (χ2v) is 3.92. The average Bonchev–Trinajstić information content (AvgIpc) is 2.85. The SMILES string of the molecule is CCCn1nc(-c2cc(C)on2)c(N=O)c1C. The predicted molar refractivity (Wildman–Crippen MR) is 62.9 cm³/mol. The molecule has 0 bridgehead atoms. The molecular weight excluding hydrogens is 220 g/mol. The summed E-state index contributed by atoms with van der Waals surface area (Å²) in [5.41, 5.74) is 2.14. The molecule has 0 aliphatic heterocycles. The van der Waals surface area contributed by atoms with Crippen LogP contribution in [-0.4, -0.2) is 14.9 Å². The van der Waals surface area contributed by atoms with Crippen LogP contribution in [0.3, 0.4) is 0 Å². The molecule has 0 unspecified atom stereocenters. The third kappa shape index (κ3) is 1.98. The second-order valence-electron chi connectivity index (χ2n) is 3.92. The molecule has 0 spiro atoms. The molecule has 0 amide bonds. The Kier molecular flexibility index (Phi) is 3.03. The summed E-state index contributed by atoms with van der Waals surface area (Å²) in [5.74, 6) is 0.680. The Morgan fingerprint density at radius 3 is 2.76 bits per heavy atom. The number of nitrogens with zero attached hydrogens (tertiary/aromatic N) is 4. The molecule has 6 nitrogen and oxygen atoms in total. The van der Waals surface area contributed by atoms with Crippen molar-refractivity contribution in [3.63, 3.8) is 0 Å². The van der Waals surface area contributed by atoms with Gasteiger partial charge < -0.3 is 4.52 Å². The first-order chi connectivity index (χ1) is 8.17. The summed E-state index contributed by atoms with van der Waals surface area (Å²) in [6, 6.07) is 1.74. The van der Waals surface area contributed by atoms with Crippen LogP contribution < -0.4 is 0 Å². The van der Waals surface area contributed by atoms with Crippen LogP contribution in [0, 0.1) is 18.8 Å². The van der Waals surface area contributed by atoms with Gasteiger partial charge in [-0.15, -0.1) is 4.91 Å². The van der Waals surface area contributed by atoms with Crippen molar-refractivity contribution in [1.29, 1.82) is 0 Å². The van der Waals surface area contributed by atoms with E-state index in [-0.39, 0.29) is 0 Å². The summed E-state index contributed by atoms with van der Waals surface area (Å²) in [4.78, 5) is 10.9. The summed E-state index contributed by atoms with van der Waals surface area (Å²) in [5, 5.41) is 11.3. The van der Waals surface area contributed by atoms with Crippen molar-refractivity contribution in [3.05, 3.63) is 22.4 Å². The first kappa shape index (κ1) is 11.5. The van der Waals surface area contributed by atoms with Gasteiger partial charge in [-0.1, -0.05) is 12.1 Å². The van der Waals surface area contributed by atoms with E-state index in [0.29, 0.717) is 22.8 Å². The van der Waals surface area contributed by atoms with Gasteiger partial charge in [-0.25, -0.2) is 0 Å². The Bertz CT molecular complexity index is 542. The number of nitroso groups, excluding NO2 is 1. The van der Waals surface area contributed by atoms with Crippen molar-refractivity contribution in [3.8, 4) is 11.4 Å². The summed E-state index contributed by atoms with van der Waals surface area (Å²) >= 11 is 0. The number of aryl methyl sites for hydroxylation is 2. The van der Waals surface area contributed by atoms with Gasteiger partial charge in [-0.05, 0) is 25.4 Å². The minimum atomic E-state index is 0.340. The quantitative estimate of drug-likeness (QED) is 0.762. The Hall–Kier alpha value is -1.98. The molecule has 2 aromatic heterocycles. The number of hydrogen-bond acceptors (Lipinski definition) is 5. The van der Waals surface area contributed by atoms with Gasteiger partial charge in [0, 0.05) is 12.6 Å². The minimum absolute atomic E-state index is 0.340. The van der Waals surface area contributed by atoms with E-state index < -0.39 is 0 Å². The van der Waals surface area contributed by atoms with Crippen molar-refractivity contribution < 1.29 is 4.52 Å². The lowest BCUT2D eigenvalue weighted by molar-refractivity contribution is 0.399. The largest absolute Gasteiger partial charge is 0.361 e. The van der Waals surface area contributed by atoms with E-state index in [1.165, 1.54) is 0 Å². The number of hydrogen-bond donors (Lipinski definition) is 0. The number of rotatable bonds is 4. The highest BCUT2D eigenvalue weighted by Crippen LogP contribution is 2.31. The molecule has 0 aromatic carbocycles. The van der Waals surface area contributed by atoms with Gasteiger partial charge in [0.1, 0.15) is 17.1 Å². The normalized spacial score (nSPS) is 10.8. The summed E-state index contributed by atoms with van der Waals surface area (Å²) < 4.78 is 6.76. The zero-order valence-electron chi connectivity index (χ0n) is 10.1. The maximum absolute atomic E-state index is 10.9. The van der Waals surface area contributed by atoms with E-state index in [9.17, 15) is 4.91 Å². The van der Waals surface area contributed by atoms with Crippen LogP contribution in [0.25, 0.3) is 11.4 Å². The molecule has 0 N–H and O–H groups in total. The molecule has 17 heavy (non-hydrogen) atoms. The Balaban J connectivity index is 2.53. The third-order valence-corrected chi connectivity index (χ3v) is 2.57. The van der Waals surface area contributed by atoms with Gasteiger partial charge in [-0.2, -0.15) is 5.10 Å². The standard InChI is InChI=1S/C11H14N4O2/c1-4-5-15-8(3)10(13-16)11(12-15)9-6-7(2)17-14-9/h6H,4-5H2,1-3H3. The van der Waals surface area contributed by atoms with Crippen LogP contribution in [0.5, 0.6) is 0 Å². The predicted octanol–water partition coefficient (Wildman–Crippen LogP) is 2.96. The fraction of sp³-hybridized carbons (Fsp3) is 0.455. The van der Waals surface area contributed by atoms with Gasteiger partial charge in [0.2, 0.25) is 0 Å². The second kappa shape index (κ2) is 4.48. The van der Waals surface area contributed by atoms with Crippen molar-refractivity contribution in [2.24, 2.45) is 5.18 Å². The van der Waals surface area contributed by atoms with E-state index >= 15 is 0 Å². The molecule has 2 heterocycles. The van der Waals surface area contributed by atoms with Crippen LogP contribution >= 0.6 is 0 Å². The van der Waals surface area contributed by atoms with Gasteiger partial charge in [0.05, 0.1) is 5.69 Å². The van der Waals surface area contributed by atoms with Crippen LogP contribution in [0.4, 0.5) is 5.69 Å². The Labute approximate surface area is 98.6 Å². The lowest BCUT2D eigenvalue weighted by atomic mass is 10.2. The Morgan fingerprint density at radius 1 is 1.47 bits per heavy atom. The molecule has 0 aliphatic rings. The van der Waals surface area contributed by atoms with Crippen molar-refractivity contribution in [2.45, 2.75) is 33.7 Å². The zero-order chi connectivity index (χ0) is 12.4. The van der Waals surface area contributed by atoms with Crippen molar-refractivity contribution >= 4 is 5.69 Å². The maximum atomic E-state index is 10.9. The highest BCUT2D eigenvalue weighted by atomic mass is 16.5. The molecule has 0 radical (unpaired) electrons. The molecule has 0 atom stereocenters. The van der Waals surface area contributed by atoms with Gasteiger partial charge in [0.25, 0.3) is 0 Å². The Morgan fingerprint density at radius 2 is 2.24 bits per heavy atom. The van der Waals surface area contributed by atoms with Crippen molar-refractivity contribution in [2.75, 3.05) is 0 Å². The van der Waals surface area contributed by atoms with E-state index in [1.54, 1.807) is 17.7 Å². The molecule has 2 rings (SSSR count). The third-order valence-electron chi connectivity index (χ3n) is 2.57. The average molecular weight is 234 g/mol. The molecule has 90 valence electrons. The monoisotopic (exact) mass is 234 g/mol. The van der Waals surface area contributed by atoms with E-state index in [0.717, 1.165) is 18.7 Å². The van der Waals surface area contributed by atoms with E-state index in [2.05, 4.69) is 22.4 Å². The summed E-state index contributed by atoms with van der Waals surface area (Å²) in [6.45, 7) is 6.43. The lowest BCUT2D eigenvalue weighted by Gasteiger charge is -1.99. The van der Waals surface area contributed by atoms with Gasteiger partial charge in [0.15, 0.2) is 5.69 Å². The molecular formula is C11H14N4O2. The number of aromatic nitrogens is 3. The lowest BCUT2D eigenvalue weighted by Crippen LogP contribution is -2.00. The molecule has 6 heteroatoms. The summed E-state index contributed by atoms with van der Waals surface area (Å²) in [6.07, 6.45) is 0.943. The van der Waals surface area contributed by atoms with E-state index in [1.807, 2.05) is 6.92 Å². The topological polar surface area (TPSA) is 73.3 Å². The highest BCUT2D eigenvalue weighted by molar-refractivity contribution is 5.70. The summed E-state index contributed by atoms with van der Waals surface area (Å²) in [7, 11) is 0. The highest BCUT2D eigenvalue weighted by Gasteiger charge is 2.19. The molecule has 0 saturated carbocycles. The first-order valence-electron chi connectivity index (χ1n) is 5.51. The zero-order valence-corrected chi connectivity index (χ0v) is 10.1. The fourth-order valence-corrected chi connectivity index (χ4v) is 1.73. The molecule has 2 aromatic rings. The van der Waals surface area contributed by atoms with E-state index in [4.69, 9.17) is 4.52 Å². The first-order valence-corrected chi connectivity index (χ1v) is 5.51. The molecule has 0 aliphatic carbocycles. The van der Waals surface area contributed by atoms with Gasteiger partial charge >= 0.3 is 0 Å². The van der Waals surface area contributed by atoms with Gasteiger partial charge in [-0.3, -0.25) is 4.68 Å². The van der Waals surface area contributed by atoms with Crippen LogP contribution in [0.1, 0.15) is 24.8 Å². The van der Waals surface area contributed by atoms with Crippen molar-refractivity contribution in [1.82, 2.24) is 14.9 Å². The smallest absolute Gasteiger partial charge is 0.158 e. The maximum Gasteiger partial charge on any atom is 0.158 e. The molecule has 0 saturated heterocycles. The van der Waals surface area contributed by atoms with Crippen LogP contribution in [-0.2, 0) is 6.54 Å².